The van der Waals surface area contributed by atoms with Crippen LogP contribution < -0.4 is 5.32 Å². The van der Waals surface area contributed by atoms with E-state index in [0.29, 0.717) is 37.2 Å². The summed E-state index contributed by atoms with van der Waals surface area (Å²) in [6, 6.07) is 6.96. The predicted octanol–water partition coefficient (Wildman–Crippen LogP) is 2.80. The van der Waals surface area contributed by atoms with Crippen LogP contribution in [0.3, 0.4) is 0 Å². The quantitative estimate of drug-likeness (QED) is 0.847. The molecule has 1 saturated carbocycles. The fourth-order valence-corrected chi connectivity index (χ4v) is 3.14. The zero-order chi connectivity index (χ0) is 16.9. The Morgan fingerprint density at radius 2 is 1.87 bits per heavy atom. The van der Waals surface area contributed by atoms with Crippen LogP contribution in [-0.4, -0.2) is 40.5 Å². The molecular weight excluding hydrogens is 292 g/mol. The molecule has 0 saturated heterocycles. The number of carbonyl (C=O) groups is 2. The van der Waals surface area contributed by atoms with E-state index in [4.69, 9.17) is 0 Å². The number of nitrogens with one attached hydrogen (secondary N) is 1. The maximum absolute atomic E-state index is 12.3. The summed E-state index contributed by atoms with van der Waals surface area (Å²) >= 11 is 0. The van der Waals surface area contributed by atoms with Crippen molar-refractivity contribution in [3.8, 4) is 0 Å². The molecule has 5 heteroatoms. The first-order valence-corrected chi connectivity index (χ1v) is 8.39. The Morgan fingerprint density at radius 1 is 1.22 bits per heavy atom. The van der Waals surface area contributed by atoms with Gasteiger partial charge in [-0.25, -0.2) is 0 Å². The highest BCUT2D eigenvalue weighted by Crippen LogP contribution is 2.32. The molecule has 2 N–H and O–H groups in total. The Hall–Kier alpha value is -1.88. The summed E-state index contributed by atoms with van der Waals surface area (Å²) in [5.41, 5.74) is 0.291. The van der Waals surface area contributed by atoms with Gasteiger partial charge in [0.15, 0.2) is 0 Å². The van der Waals surface area contributed by atoms with Crippen molar-refractivity contribution in [1.29, 1.82) is 0 Å². The number of hydrogen-bond acceptors (Lipinski definition) is 3. The Balaban J connectivity index is 2.02. The van der Waals surface area contributed by atoms with Crippen molar-refractivity contribution in [2.24, 2.45) is 0 Å². The van der Waals surface area contributed by atoms with Gasteiger partial charge in [-0.3, -0.25) is 9.59 Å². The molecular formula is C18H26N2O3. The molecule has 0 aromatic heterocycles. The lowest BCUT2D eigenvalue weighted by molar-refractivity contribution is -0.120. The fraction of sp³-hybridized carbons (Fsp3) is 0.556. The number of amides is 2. The predicted molar refractivity (Wildman–Crippen MR) is 90.4 cm³/mol. The monoisotopic (exact) mass is 318 g/mol. The molecule has 0 unspecified atom stereocenters. The van der Waals surface area contributed by atoms with Crippen LogP contribution in [0.25, 0.3) is 0 Å². The van der Waals surface area contributed by atoms with E-state index in [1.807, 2.05) is 13.8 Å². The standard InChI is InChI=1S/C18H26N2O3/c1-3-20(4-2)17(22)14-8-7-9-15(12-14)19-16(21)13-18(23)10-5-6-11-18/h7-9,12,23H,3-6,10-11,13H2,1-2H3,(H,19,21). The maximum atomic E-state index is 12.3. The lowest BCUT2D eigenvalue weighted by atomic mass is 9.97. The molecule has 0 atom stereocenters. The summed E-state index contributed by atoms with van der Waals surface area (Å²) in [7, 11) is 0. The van der Waals surface area contributed by atoms with Gasteiger partial charge in [-0.2, -0.15) is 0 Å². The molecule has 5 nitrogen and oxygen atoms in total. The van der Waals surface area contributed by atoms with E-state index >= 15 is 0 Å². The zero-order valence-electron chi connectivity index (χ0n) is 14.0. The van der Waals surface area contributed by atoms with Gasteiger partial charge >= 0.3 is 0 Å². The lowest BCUT2D eigenvalue weighted by Gasteiger charge is -2.21. The summed E-state index contributed by atoms with van der Waals surface area (Å²) in [6.07, 6.45) is 3.41. The van der Waals surface area contributed by atoms with Gasteiger partial charge in [0.2, 0.25) is 5.91 Å². The SMILES string of the molecule is CCN(CC)C(=O)c1cccc(NC(=O)CC2(O)CCCC2)c1. The first-order valence-electron chi connectivity index (χ1n) is 8.39. The van der Waals surface area contributed by atoms with Crippen LogP contribution in [0.2, 0.25) is 0 Å². The van der Waals surface area contributed by atoms with Crippen LogP contribution in [0.1, 0.15) is 56.3 Å². The molecule has 1 aliphatic carbocycles. The van der Waals surface area contributed by atoms with Gasteiger partial charge in [0, 0.05) is 24.3 Å². The Kier molecular flexibility index (Phi) is 5.77. The second kappa shape index (κ2) is 7.59. The highest BCUT2D eigenvalue weighted by atomic mass is 16.3. The Labute approximate surface area is 137 Å². The van der Waals surface area contributed by atoms with Crippen molar-refractivity contribution < 1.29 is 14.7 Å². The van der Waals surface area contributed by atoms with Crippen LogP contribution in [-0.2, 0) is 4.79 Å². The molecule has 0 heterocycles. The molecule has 2 rings (SSSR count). The fourth-order valence-electron chi connectivity index (χ4n) is 3.14. The maximum Gasteiger partial charge on any atom is 0.253 e. The number of hydrogen-bond donors (Lipinski definition) is 2. The third-order valence-electron chi connectivity index (χ3n) is 4.47. The van der Waals surface area contributed by atoms with Gasteiger partial charge in [0.1, 0.15) is 0 Å². The molecule has 23 heavy (non-hydrogen) atoms. The number of nitrogens with zero attached hydrogens (tertiary/aromatic N) is 1. The number of aliphatic hydroxyl groups is 1. The van der Waals surface area contributed by atoms with Crippen molar-refractivity contribution in [2.45, 2.75) is 51.6 Å². The van der Waals surface area contributed by atoms with Crippen LogP contribution in [0.4, 0.5) is 5.69 Å². The molecule has 0 radical (unpaired) electrons. The van der Waals surface area contributed by atoms with Crippen molar-refractivity contribution in [3.63, 3.8) is 0 Å². The second-order valence-electron chi connectivity index (χ2n) is 6.21. The molecule has 2 amide bonds. The minimum Gasteiger partial charge on any atom is -0.389 e. The van der Waals surface area contributed by atoms with E-state index in [-0.39, 0.29) is 18.2 Å². The number of rotatable bonds is 6. The van der Waals surface area contributed by atoms with E-state index in [9.17, 15) is 14.7 Å². The van der Waals surface area contributed by atoms with E-state index in [1.165, 1.54) is 0 Å². The number of anilines is 1. The Bertz CT molecular complexity index is 561. The lowest BCUT2D eigenvalue weighted by Crippen LogP contribution is -2.31. The highest BCUT2D eigenvalue weighted by molar-refractivity contribution is 5.97. The zero-order valence-corrected chi connectivity index (χ0v) is 14.0. The summed E-state index contributed by atoms with van der Waals surface area (Å²) in [4.78, 5) is 26.2. The molecule has 1 aliphatic rings. The van der Waals surface area contributed by atoms with Gasteiger partial charge in [0.25, 0.3) is 5.91 Å². The van der Waals surface area contributed by atoms with Crippen molar-refractivity contribution in [3.05, 3.63) is 29.8 Å². The largest absolute Gasteiger partial charge is 0.389 e. The minimum atomic E-state index is -0.862. The van der Waals surface area contributed by atoms with Crippen molar-refractivity contribution >= 4 is 17.5 Å². The normalized spacial score (nSPS) is 16.1. The van der Waals surface area contributed by atoms with Crippen molar-refractivity contribution in [1.82, 2.24) is 4.90 Å². The molecule has 1 fully saturated rings. The number of carbonyl (C=O) groups excluding carboxylic acids is 2. The molecule has 1 aromatic carbocycles. The molecule has 126 valence electrons. The van der Waals surface area contributed by atoms with Gasteiger partial charge in [-0.15, -0.1) is 0 Å². The van der Waals surface area contributed by atoms with Crippen LogP contribution in [0, 0.1) is 0 Å². The van der Waals surface area contributed by atoms with Gasteiger partial charge < -0.3 is 15.3 Å². The molecule has 0 aliphatic heterocycles. The highest BCUT2D eigenvalue weighted by Gasteiger charge is 2.33. The van der Waals surface area contributed by atoms with E-state index < -0.39 is 5.60 Å². The first-order chi connectivity index (χ1) is 11.0. The summed E-state index contributed by atoms with van der Waals surface area (Å²) in [6.45, 7) is 5.18. The average Bonchev–Trinajstić information content (AvgIpc) is 2.94. The van der Waals surface area contributed by atoms with Crippen LogP contribution in [0.15, 0.2) is 24.3 Å². The summed E-state index contributed by atoms with van der Waals surface area (Å²) < 4.78 is 0. The Morgan fingerprint density at radius 3 is 2.48 bits per heavy atom. The second-order valence-corrected chi connectivity index (χ2v) is 6.21. The van der Waals surface area contributed by atoms with Crippen LogP contribution >= 0.6 is 0 Å². The third-order valence-corrected chi connectivity index (χ3v) is 4.47. The minimum absolute atomic E-state index is 0.0412. The smallest absolute Gasteiger partial charge is 0.253 e. The topological polar surface area (TPSA) is 69.6 Å². The number of benzene rings is 1. The van der Waals surface area contributed by atoms with Gasteiger partial charge in [-0.05, 0) is 44.9 Å². The first kappa shape index (κ1) is 17.5. The van der Waals surface area contributed by atoms with Gasteiger partial charge in [0.05, 0.1) is 12.0 Å². The summed E-state index contributed by atoms with van der Waals surface area (Å²) in [5, 5.41) is 13.1. The molecule has 0 bridgehead atoms. The van der Waals surface area contributed by atoms with Crippen LogP contribution in [0.5, 0.6) is 0 Å². The third kappa shape index (κ3) is 4.55. The average molecular weight is 318 g/mol. The van der Waals surface area contributed by atoms with E-state index in [2.05, 4.69) is 5.32 Å². The molecule has 0 spiro atoms. The van der Waals surface area contributed by atoms with E-state index in [0.717, 1.165) is 12.8 Å². The molecule has 1 aromatic rings. The van der Waals surface area contributed by atoms with Crippen molar-refractivity contribution in [2.75, 3.05) is 18.4 Å². The van der Waals surface area contributed by atoms with E-state index in [1.54, 1.807) is 29.2 Å². The summed E-state index contributed by atoms with van der Waals surface area (Å²) in [5.74, 6) is -0.248. The van der Waals surface area contributed by atoms with Gasteiger partial charge in [-0.1, -0.05) is 18.9 Å².